The molecule has 0 saturated carbocycles. The van der Waals surface area contributed by atoms with Crippen LogP contribution in [0.1, 0.15) is 36.1 Å². The molecule has 2 aromatic rings. The van der Waals surface area contributed by atoms with Crippen molar-refractivity contribution in [1.29, 1.82) is 10.7 Å². The molecule has 1 aromatic carbocycles. The van der Waals surface area contributed by atoms with Crippen LogP contribution in [-0.2, 0) is 6.42 Å². The van der Waals surface area contributed by atoms with Gasteiger partial charge in [0.05, 0.1) is 27.4 Å². The number of methoxy groups -OCH3 is 3. The van der Waals surface area contributed by atoms with E-state index < -0.39 is 11.8 Å². The lowest BCUT2D eigenvalue weighted by atomic mass is 9.79. The summed E-state index contributed by atoms with van der Waals surface area (Å²) in [5.74, 6) is 0.452. The molecule has 0 aliphatic carbocycles. The number of H-pyrrole nitrogens is 1. The van der Waals surface area contributed by atoms with Gasteiger partial charge >= 0.3 is 0 Å². The first-order chi connectivity index (χ1) is 13.1. The van der Waals surface area contributed by atoms with Crippen molar-refractivity contribution < 1.29 is 18.9 Å². The molecule has 142 valence electrons. The van der Waals surface area contributed by atoms with Crippen LogP contribution in [0.2, 0.25) is 0 Å². The van der Waals surface area contributed by atoms with Crippen molar-refractivity contribution in [3.05, 3.63) is 29.0 Å². The molecule has 0 bridgehead atoms. The molecule has 1 aromatic heterocycles. The maximum Gasteiger partial charge on any atom is 0.243 e. The summed E-state index contributed by atoms with van der Waals surface area (Å²) in [4.78, 5) is 0. The molecule has 1 aliphatic heterocycles. The fourth-order valence-corrected chi connectivity index (χ4v) is 3.47. The lowest BCUT2D eigenvalue weighted by Crippen LogP contribution is -2.31. The van der Waals surface area contributed by atoms with Gasteiger partial charge in [-0.15, -0.1) is 5.10 Å². The summed E-state index contributed by atoms with van der Waals surface area (Å²) in [5, 5.41) is 25.1. The third kappa shape index (κ3) is 3.05. The molecule has 27 heavy (non-hydrogen) atoms. The van der Waals surface area contributed by atoms with Gasteiger partial charge in [0.1, 0.15) is 5.92 Å². The zero-order chi connectivity index (χ0) is 19.6. The van der Waals surface area contributed by atoms with Crippen molar-refractivity contribution in [3.8, 4) is 29.2 Å². The van der Waals surface area contributed by atoms with Crippen LogP contribution in [0.15, 0.2) is 12.1 Å². The van der Waals surface area contributed by atoms with Crippen molar-refractivity contribution in [1.82, 2.24) is 10.2 Å². The van der Waals surface area contributed by atoms with E-state index in [0.717, 1.165) is 29.7 Å². The van der Waals surface area contributed by atoms with E-state index in [9.17, 15) is 5.26 Å². The van der Waals surface area contributed by atoms with Crippen LogP contribution >= 0.6 is 0 Å². The minimum atomic E-state index is -0.784. The average Bonchev–Trinajstić information content (AvgIpc) is 3.07. The summed E-state index contributed by atoms with van der Waals surface area (Å²) in [5.41, 5.74) is 2.47. The predicted molar refractivity (Wildman–Crippen MR) is 98.0 cm³/mol. The molecular formula is C19H22N4O4. The molecule has 2 heterocycles. The molecule has 2 N–H and O–H groups in total. The van der Waals surface area contributed by atoms with E-state index >= 15 is 0 Å². The number of nitrogens with one attached hydrogen (secondary N) is 2. The Morgan fingerprint density at radius 3 is 2.41 bits per heavy atom. The highest BCUT2D eigenvalue weighted by atomic mass is 16.5. The fraction of sp³-hybridized carbons (Fsp3) is 0.421. The summed E-state index contributed by atoms with van der Waals surface area (Å²) >= 11 is 0. The Labute approximate surface area is 157 Å². The highest BCUT2D eigenvalue weighted by Gasteiger charge is 2.41. The maximum atomic E-state index is 9.74. The van der Waals surface area contributed by atoms with Gasteiger partial charge in [0.2, 0.25) is 17.5 Å². The number of ether oxygens (including phenoxy) is 4. The van der Waals surface area contributed by atoms with Gasteiger partial charge in [0.15, 0.2) is 11.5 Å². The molecule has 0 radical (unpaired) electrons. The number of aromatic nitrogens is 2. The lowest BCUT2D eigenvalue weighted by Gasteiger charge is -2.29. The van der Waals surface area contributed by atoms with E-state index in [2.05, 4.69) is 23.2 Å². The number of benzene rings is 1. The maximum absolute atomic E-state index is 9.74. The molecule has 2 atom stereocenters. The topological polar surface area (TPSA) is 113 Å². The largest absolute Gasteiger partial charge is 0.493 e. The van der Waals surface area contributed by atoms with Gasteiger partial charge in [-0.3, -0.25) is 10.5 Å². The third-order valence-corrected chi connectivity index (χ3v) is 4.67. The molecule has 3 rings (SSSR count). The molecule has 0 amide bonds. The van der Waals surface area contributed by atoms with E-state index in [-0.39, 0.29) is 5.90 Å². The van der Waals surface area contributed by atoms with E-state index in [1.54, 1.807) is 14.2 Å². The number of rotatable bonds is 6. The van der Waals surface area contributed by atoms with E-state index in [1.165, 1.54) is 7.11 Å². The monoisotopic (exact) mass is 370 g/mol. The van der Waals surface area contributed by atoms with Crippen LogP contribution in [0.25, 0.3) is 0 Å². The van der Waals surface area contributed by atoms with Gasteiger partial charge in [0.25, 0.3) is 0 Å². The first kappa shape index (κ1) is 18.6. The van der Waals surface area contributed by atoms with E-state index in [1.807, 2.05) is 12.1 Å². The average molecular weight is 370 g/mol. The fourth-order valence-electron chi connectivity index (χ4n) is 3.47. The number of aromatic amines is 1. The van der Waals surface area contributed by atoms with Crippen molar-refractivity contribution in [2.24, 2.45) is 5.92 Å². The summed E-state index contributed by atoms with van der Waals surface area (Å²) in [7, 11) is 4.62. The number of nitriles is 1. The first-order valence-corrected chi connectivity index (χ1v) is 8.62. The Kier molecular flexibility index (Phi) is 5.21. The van der Waals surface area contributed by atoms with E-state index in [4.69, 9.17) is 24.4 Å². The Hall–Kier alpha value is -3.21. The smallest absolute Gasteiger partial charge is 0.243 e. The van der Waals surface area contributed by atoms with Gasteiger partial charge in [-0.2, -0.15) is 5.26 Å². The summed E-state index contributed by atoms with van der Waals surface area (Å²) in [6, 6.07) is 5.82. The highest BCUT2D eigenvalue weighted by molar-refractivity contribution is 5.85. The summed E-state index contributed by atoms with van der Waals surface area (Å²) in [6.07, 6.45) is 1.67. The Balaban J connectivity index is 2.24. The first-order valence-electron chi connectivity index (χ1n) is 8.62. The van der Waals surface area contributed by atoms with Crippen LogP contribution in [0.5, 0.6) is 23.1 Å². The van der Waals surface area contributed by atoms with Crippen molar-refractivity contribution >= 4 is 5.90 Å². The molecular weight excluding hydrogens is 348 g/mol. The zero-order valence-electron chi connectivity index (χ0n) is 15.8. The molecule has 0 saturated heterocycles. The second kappa shape index (κ2) is 7.58. The van der Waals surface area contributed by atoms with Gasteiger partial charge in [-0.1, -0.05) is 13.3 Å². The second-order valence-corrected chi connectivity index (χ2v) is 6.18. The van der Waals surface area contributed by atoms with Crippen molar-refractivity contribution in [2.45, 2.75) is 25.7 Å². The highest BCUT2D eigenvalue weighted by Crippen LogP contribution is 2.47. The standard InChI is InChI=1S/C19H22N4O4/c1-5-6-12-16-15(11(9-20)18(21)27-19(16)23-22-12)10-7-13(24-2)17(26-4)14(8-10)25-3/h7-8,11,15,21H,5-6H2,1-4H3,(H,22,23). The van der Waals surface area contributed by atoms with Crippen LogP contribution in [0.4, 0.5) is 0 Å². The molecule has 2 unspecified atom stereocenters. The third-order valence-electron chi connectivity index (χ3n) is 4.67. The van der Waals surface area contributed by atoms with Gasteiger partial charge in [-0.25, -0.2) is 0 Å². The minimum Gasteiger partial charge on any atom is -0.493 e. The number of nitrogens with zero attached hydrogens (tertiary/aromatic N) is 2. The summed E-state index contributed by atoms with van der Waals surface area (Å²) in [6.45, 7) is 2.06. The summed E-state index contributed by atoms with van der Waals surface area (Å²) < 4.78 is 21.8. The predicted octanol–water partition coefficient (Wildman–Crippen LogP) is 3.03. The Morgan fingerprint density at radius 1 is 1.22 bits per heavy atom. The molecule has 8 heteroatoms. The van der Waals surface area contributed by atoms with Gasteiger partial charge in [-0.05, 0) is 24.1 Å². The van der Waals surface area contributed by atoms with Crippen LogP contribution in [0.3, 0.4) is 0 Å². The van der Waals surface area contributed by atoms with E-state index in [0.29, 0.717) is 23.1 Å². The Bertz CT molecular complexity index is 875. The second-order valence-electron chi connectivity index (χ2n) is 6.18. The quantitative estimate of drug-likeness (QED) is 0.808. The Morgan fingerprint density at radius 2 is 1.89 bits per heavy atom. The van der Waals surface area contributed by atoms with Crippen LogP contribution in [0, 0.1) is 22.7 Å². The molecule has 1 aliphatic rings. The number of hydrogen-bond acceptors (Lipinski definition) is 7. The molecule has 0 fully saturated rings. The zero-order valence-corrected chi connectivity index (χ0v) is 15.8. The van der Waals surface area contributed by atoms with Crippen molar-refractivity contribution in [2.75, 3.05) is 21.3 Å². The SMILES string of the molecule is CCCc1[nH]nc2c1C(c1cc(OC)c(OC)c(OC)c1)C(C#N)C(=N)O2. The number of hydrogen-bond donors (Lipinski definition) is 2. The van der Waals surface area contributed by atoms with Crippen LogP contribution in [-0.4, -0.2) is 37.4 Å². The number of aryl methyl sites for hydroxylation is 1. The normalized spacial score (nSPS) is 18.3. The minimum absolute atomic E-state index is 0.127. The van der Waals surface area contributed by atoms with Crippen molar-refractivity contribution in [3.63, 3.8) is 0 Å². The molecule has 0 spiro atoms. The number of fused-ring (bicyclic) bond motifs is 1. The van der Waals surface area contributed by atoms with Gasteiger partial charge in [0, 0.05) is 17.2 Å². The lowest BCUT2D eigenvalue weighted by molar-refractivity contribution is 0.323. The van der Waals surface area contributed by atoms with Gasteiger partial charge < -0.3 is 18.9 Å². The molecule has 8 nitrogen and oxygen atoms in total. The van der Waals surface area contributed by atoms with Crippen LogP contribution < -0.4 is 18.9 Å².